The Morgan fingerprint density at radius 1 is 1.11 bits per heavy atom. The van der Waals surface area contributed by atoms with Gasteiger partial charge in [0.25, 0.3) is 23.6 Å². The Hall–Kier alpha value is -3.70. The zero-order chi connectivity index (χ0) is 20.4. The van der Waals surface area contributed by atoms with Crippen molar-refractivity contribution in [3.8, 4) is 0 Å². The van der Waals surface area contributed by atoms with E-state index in [4.69, 9.17) is 5.73 Å². The van der Waals surface area contributed by atoms with Gasteiger partial charge in [-0.1, -0.05) is 0 Å². The molecule has 12 nitrogen and oxygen atoms in total. The first-order chi connectivity index (χ1) is 13.3. The van der Waals surface area contributed by atoms with Crippen molar-refractivity contribution in [2.45, 2.75) is 25.8 Å². The smallest absolute Gasteiger partial charge is 0.290 e. The molecule has 5 N–H and O–H groups in total. The van der Waals surface area contributed by atoms with Crippen LogP contribution in [0.5, 0.6) is 0 Å². The molecule has 1 fully saturated rings. The van der Waals surface area contributed by atoms with Crippen LogP contribution in [0.4, 0.5) is 0 Å². The minimum Gasteiger partial charge on any atom is -0.364 e. The standard InChI is InChI=1S/C16H20N8O4/c1-3-24(16(28)12-6-9(13(17)25)18-21-12)22-14(26)10-7-11(20-19-10)15(27)23(2)8-4-5-8/h6-8H,3-5H2,1-2H3,(H2,17,25)(H,18,21)(H,19,20)(H,22,26). The van der Waals surface area contributed by atoms with Gasteiger partial charge < -0.3 is 10.6 Å². The number of carbonyl (C=O) groups excluding carboxylic acids is 4. The fourth-order valence-corrected chi connectivity index (χ4v) is 2.52. The summed E-state index contributed by atoms with van der Waals surface area (Å²) in [5.74, 6) is -2.33. The summed E-state index contributed by atoms with van der Waals surface area (Å²) >= 11 is 0. The van der Waals surface area contributed by atoms with E-state index in [9.17, 15) is 19.2 Å². The second-order valence-corrected chi connectivity index (χ2v) is 6.34. The van der Waals surface area contributed by atoms with Gasteiger partial charge in [-0.2, -0.15) is 10.2 Å². The lowest BCUT2D eigenvalue weighted by Gasteiger charge is -2.20. The van der Waals surface area contributed by atoms with Gasteiger partial charge in [-0.25, -0.2) is 5.01 Å². The number of nitrogens with one attached hydrogen (secondary N) is 3. The van der Waals surface area contributed by atoms with Gasteiger partial charge in [-0.3, -0.25) is 34.8 Å². The average Bonchev–Trinajstić information content (AvgIpc) is 3.20. The molecule has 0 spiro atoms. The quantitative estimate of drug-likeness (QED) is 0.475. The summed E-state index contributed by atoms with van der Waals surface area (Å²) in [7, 11) is 1.70. The van der Waals surface area contributed by atoms with E-state index in [0.29, 0.717) is 0 Å². The number of aromatic nitrogens is 4. The van der Waals surface area contributed by atoms with E-state index in [1.807, 2.05) is 0 Å². The maximum atomic E-state index is 12.5. The molecule has 0 atom stereocenters. The molecular weight excluding hydrogens is 368 g/mol. The molecule has 148 valence electrons. The van der Waals surface area contributed by atoms with Crippen LogP contribution in [0, 0.1) is 0 Å². The molecule has 3 rings (SSSR count). The Labute approximate surface area is 159 Å². The van der Waals surface area contributed by atoms with Crippen LogP contribution in [0.15, 0.2) is 12.1 Å². The number of rotatable bonds is 6. The summed E-state index contributed by atoms with van der Waals surface area (Å²) < 4.78 is 0. The van der Waals surface area contributed by atoms with Crippen molar-refractivity contribution in [1.29, 1.82) is 0 Å². The minimum absolute atomic E-state index is 0.0140. The first kappa shape index (κ1) is 19.1. The SMILES string of the molecule is CCN(NC(=O)c1cc(C(=O)N(C)C2CC2)[nH]n1)C(=O)c1cc(C(N)=O)n[nH]1. The third-order valence-electron chi connectivity index (χ3n) is 4.31. The van der Waals surface area contributed by atoms with Crippen LogP contribution in [0.2, 0.25) is 0 Å². The highest BCUT2D eigenvalue weighted by atomic mass is 16.2. The second-order valence-electron chi connectivity index (χ2n) is 6.34. The Balaban J connectivity index is 1.67. The van der Waals surface area contributed by atoms with Gasteiger partial charge in [0.15, 0.2) is 11.4 Å². The second kappa shape index (κ2) is 7.50. The van der Waals surface area contributed by atoms with E-state index in [1.54, 1.807) is 18.9 Å². The van der Waals surface area contributed by atoms with Gasteiger partial charge in [-0.15, -0.1) is 0 Å². The number of hydrogen-bond acceptors (Lipinski definition) is 6. The Morgan fingerprint density at radius 3 is 2.21 bits per heavy atom. The number of nitrogens with zero attached hydrogens (tertiary/aromatic N) is 4. The number of hydrogen-bond donors (Lipinski definition) is 4. The van der Waals surface area contributed by atoms with Crippen molar-refractivity contribution < 1.29 is 19.2 Å². The lowest BCUT2D eigenvalue weighted by molar-refractivity contribution is 0.0588. The summed E-state index contributed by atoms with van der Waals surface area (Å²) in [5.41, 5.74) is 7.55. The number of primary amides is 1. The normalized spacial score (nSPS) is 13.1. The number of hydrazine groups is 1. The molecule has 2 aromatic rings. The Morgan fingerprint density at radius 2 is 1.68 bits per heavy atom. The summed E-state index contributed by atoms with van der Waals surface area (Å²) in [6, 6.07) is 2.75. The van der Waals surface area contributed by atoms with E-state index in [0.717, 1.165) is 17.9 Å². The fourth-order valence-electron chi connectivity index (χ4n) is 2.52. The van der Waals surface area contributed by atoms with E-state index < -0.39 is 17.7 Å². The first-order valence-electron chi connectivity index (χ1n) is 8.62. The fraction of sp³-hybridized carbons (Fsp3) is 0.375. The lowest BCUT2D eigenvalue weighted by atomic mass is 10.3. The van der Waals surface area contributed by atoms with Crippen LogP contribution in [0.3, 0.4) is 0 Å². The Bertz CT molecular complexity index is 929. The average molecular weight is 388 g/mol. The Kier molecular flexibility index (Phi) is 5.11. The van der Waals surface area contributed by atoms with Gasteiger partial charge in [0.1, 0.15) is 11.4 Å². The molecule has 2 aromatic heterocycles. The monoisotopic (exact) mass is 388 g/mol. The molecule has 0 saturated heterocycles. The summed E-state index contributed by atoms with van der Waals surface area (Å²) in [6.45, 7) is 1.78. The van der Waals surface area contributed by atoms with Gasteiger partial charge in [-0.05, 0) is 19.8 Å². The molecule has 2 heterocycles. The van der Waals surface area contributed by atoms with Crippen LogP contribution < -0.4 is 11.2 Å². The van der Waals surface area contributed by atoms with Crippen LogP contribution in [0.25, 0.3) is 0 Å². The van der Waals surface area contributed by atoms with Gasteiger partial charge >= 0.3 is 0 Å². The minimum atomic E-state index is -0.785. The molecule has 4 amide bonds. The molecule has 1 aliphatic carbocycles. The molecule has 12 heteroatoms. The highest BCUT2D eigenvalue weighted by Gasteiger charge is 2.31. The van der Waals surface area contributed by atoms with E-state index in [1.165, 1.54) is 12.1 Å². The molecule has 0 unspecified atom stereocenters. The van der Waals surface area contributed by atoms with Crippen LogP contribution >= 0.6 is 0 Å². The van der Waals surface area contributed by atoms with Crippen molar-refractivity contribution in [2.75, 3.05) is 13.6 Å². The van der Waals surface area contributed by atoms with Crippen LogP contribution in [0.1, 0.15) is 61.7 Å². The zero-order valence-electron chi connectivity index (χ0n) is 15.4. The van der Waals surface area contributed by atoms with Crippen LogP contribution in [-0.4, -0.2) is 73.6 Å². The van der Waals surface area contributed by atoms with Gasteiger partial charge in [0.2, 0.25) is 0 Å². The summed E-state index contributed by atoms with van der Waals surface area (Å²) in [4.78, 5) is 49.9. The maximum absolute atomic E-state index is 12.5. The summed E-state index contributed by atoms with van der Waals surface area (Å²) in [5, 5.41) is 13.4. The van der Waals surface area contributed by atoms with Crippen molar-refractivity contribution in [2.24, 2.45) is 5.73 Å². The highest BCUT2D eigenvalue weighted by molar-refractivity contribution is 6.00. The molecule has 1 aliphatic rings. The van der Waals surface area contributed by atoms with E-state index >= 15 is 0 Å². The van der Waals surface area contributed by atoms with Gasteiger partial charge in [0.05, 0.1) is 0 Å². The maximum Gasteiger partial charge on any atom is 0.290 e. The topological polar surface area (TPSA) is 170 Å². The molecule has 28 heavy (non-hydrogen) atoms. The number of nitrogens with two attached hydrogens (primary N) is 1. The van der Waals surface area contributed by atoms with Crippen LogP contribution in [-0.2, 0) is 0 Å². The number of aromatic amines is 2. The predicted molar refractivity (Wildman–Crippen MR) is 95.0 cm³/mol. The molecule has 0 bridgehead atoms. The zero-order valence-corrected chi connectivity index (χ0v) is 15.4. The van der Waals surface area contributed by atoms with Gasteiger partial charge in [0, 0.05) is 31.8 Å². The molecule has 0 aliphatic heterocycles. The molecule has 1 saturated carbocycles. The number of carbonyl (C=O) groups is 4. The number of H-pyrrole nitrogens is 2. The summed E-state index contributed by atoms with van der Waals surface area (Å²) in [6.07, 6.45) is 1.92. The number of amides is 4. The highest BCUT2D eigenvalue weighted by Crippen LogP contribution is 2.26. The molecule has 0 radical (unpaired) electrons. The first-order valence-corrected chi connectivity index (χ1v) is 8.62. The van der Waals surface area contributed by atoms with Crippen molar-refractivity contribution in [3.05, 3.63) is 34.9 Å². The predicted octanol–water partition coefficient (Wildman–Crippen LogP) is -0.727. The third-order valence-corrected chi connectivity index (χ3v) is 4.31. The third kappa shape index (κ3) is 3.84. The molecular formula is C16H20N8O4. The van der Waals surface area contributed by atoms with E-state index in [2.05, 4.69) is 25.8 Å². The van der Waals surface area contributed by atoms with Crippen molar-refractivity contribution >= 4 is 23.6 Å². The van der Waals surface area contributed by atoms with Crippen molar-refractivity contribution in [1.82, 2.24) is 35.7 Å². The molecule has 0 aromatic carbocycles. The van der Waals surface area contributed by atoms with Crippen molar-refractivity contribution in [3.63, 3.8) is 0 Å². The lowest BCUT2D eigenvalue weighted by Crippen LogP contribution is -2.46. The largest absolute Gasteiger partial charge is 0.364 e. The van der Waals surface area contributed by atoms with E-state index in [-0.39, 0.29) is 41.3 Å².